The predicted octanol–water partition coefficient (Wildman–Crippen LogP) is 4.35. The van der Waals surface area contributed by atoms with Gasteiger partial charge in [0.1, 0.15) is 23.1 Å². The Labute approximate surface area is 181 Å². The first-order chi connectivity index (χ1) is 14.2. The van der Waals surface area contributed by atoms with Crippen LogP contribution < -0.4 is 4.90 Å². The molecule has 160 valence electrons. The van der Waals surface area contributed by atoms with Crippen molar-refractivity contribution in [2.75, 3.05) is 18.0 Å². The van der Waals surface area contributed by atoms with Gasteiger partial charge in [0.15, 0.2) is 0 Å². The van der Waals surface area contributed by atoms with E-state index in [1.54, 1.807) is 4.90 Å². The van der Waals surface area contributed by atoms with Crippen molar-refractivity contribution in [1.29, 1.82) is 0 Å². The Morgan fingerprint density at radius 3 is 2.50 bits per heavy atom. The molecule has 2 aromatic rings. The predicted molar refractivity (Wildman–Crippen MR) is 110 cm³/mol. The third-order valence-corrected chi connectivity index (χ3v) is 7.94. The van der Waals surface area contributed by atoms with Crippen molar-refractivity contribution in [3.63, 3.8) is 0 Å². The Balaban J connectivity index is 1.55. The van der Waals surface area contributed by atoms with E-state index in [0.29, 0.717) is 18.9 Å². The van der Waals surface area contributed by atoms with Gasteiger partial charge in [-0.05, 0) is 47.8 Å². The first-order valence-electron chi connectivity index (χ1n) is 9.38. The summed E-state index contributed by atoms with van der Waals surface area (Å²) in [6, 6.07) is 7.00. The van der Waals surface area contributed by atoms with E-state index in [2.05, 4.69) is 15.9 Å². The molecule has 0 aliphatic carbocycles. The summed E-state index contributed by atoms with van der Waals surface area (Å²) in [5.41, 5.74) is 2.73. The van der Waals surface area contributed by atoms with Crippen LogP contribution in [0.2, 0.25) is 0 Å². The molecule has 1 saturated heterocycles. The van der Waals surface area contributed by atoms with E-state index >= 15 is 0 Å². The maximum absolute atomic E-state index is 14.2. The zero-order valence-corrected chi connectivity index (χ0v) is 18.5. The van der Waals surface area contributed by atoms with E-state index in [-0.39, 0.29) is 30.2 Å². The highest BCUT2D eigenvalue weighted by Gasteiger charge is 2.38. The Kier molecular flexibility index (Phi) is 5.58. The van der Waals surface area contributed by atoms with Crippen molar-refractivity contribution in [3.05, 3.63) is 57.6 Å². The van der Waals surface area contributed by atoms with E-state index in [1.807, 2.05) is 25.1 Å². The van der Waals surface area contributed by atoms with Gasteiger partial charge in [-0.3, -0.25) is 4.90 Å². The number of nitrogens with zero attached hydrogens (tertiary/aromatic N) is 2. The van der Waals surface area contributed by atoms with Crippen molar-refractivity contribution in [1.82, 2.24) is 4.31 Å². The minimum Gasteiger partial charge on any atom is -0.444 e. The molecule has 0 atom stereocenters. The van der Waals surface area contributed by atoms with Crippen LogP contribution in [0.5, 0.6) is 0 Å². The summed E-state index contributed by atoms with van der Waals surface area (Å²) < 4.78 is 59.8. The normalized spacial score (nSPS) is 18.3. The third kappa shape index (κ3) is 3.72. The number of ether oxygens (including phenoxy) is 1. The number of aryl methyl sites for hydroxylation is 1. The number of benzene rings is 2. The number of hydrogen-bond donors (Lipinski definition) is 0. The summed E-state index contributed by atoms with van der Waals surface area (Å²) in [4.78, 5) is 13.4. The van der Waals surface area contributed by atoms with Gasteiger partial charge in [-0.15, -0.1) is 0 Å². The molecule has 0 N–H and O–H groups in total. The number of carbonyl (C=O) groups is 1. The van der Waals surface area contributed by atoms with Gasteiger partial charge in [0.25, 0.3) is 0 Å². The van der Waals surface area contributed by atoms with Gasteiger partial charge in [0, 0.05) is 30.8 Å². The maximum Gasteiger partial charge on any atom is 0.414 e. The topological polar surface area (TPSA) is 66.9 Å². The Morgan fingerprint density at radius 2 is 1.80 bits per heavy atom. The molecule has 10 heteroatoms. The molecule has 1 fully saturated rings. The third-order valence-electron chi connectivity index (χ3n) is 5.42. The van der Waals surface area contributed by atoms with Crippen LogP contribution in [-0.4, -0.2) is 37.9 Å². The Morgan fingerprint density at radius 1 is 1.10 bits per heavy atom. The molecule has 2 aliphatic heterocycles. The van der Waals surface area contributed by atoms with Gasteiger partial charge in [0.05, 0.1) is 10.2 Å². The fourth-order valence-electron chi connectivity index (χ4n) is 3.90. The van der Waals surface area contributed by atoms with Gasteiger partial charge in [-0.2, -0.15) is 4.31 Å². The molecule has 2 heterocycles. The summed E-state index contributed by atoms with van der Waals surface area (Å²) in [7, 11) is -4.14. The van der Waals surface area contributed by atoms with Crippen molar-refractivity contribution >= 4 is 37.7 Å². The molecular formula is C20H19BrF2N2O4S. The lowest BCUT2D eigenvalue weighted by atomic mass is 10.0. The van der Waals surface area contributed by atoms with Crippen molar-refractivity contribution in [3.8, 4) is 0 Å². The second kappa shape index (κ2) is 7.90. The number of hydrogen-bond acceptors (Lipinski definition) is 4. The van der Waals surface area contributed by atoms with Crippen molar-refractivity contribution < 1.29 is 26.7 Å². The number of rotatable bonds is 3. The number of piperidine rings is 1. The lowest BCUT2D eigenvalue weighted by Gasteiger charge is -2.39. The number of carbonyl (C=O) groups excluding carboxylic acids is 1. The van der Waals surface area contributed by atoms with E-state index in [9.17, 15) is 22.0 Å². The van der Waals surface area contributed by atoms with Crippen molar-refractivity contribution in [2.24, 2.45) is 0 Å². The second-order valence-corrected chi connectivity index (χ2v) is 10.1. The fraction of sp³-hybridized carbons (Fsp3) is 0.350. The largest absolute Gasteiger partial charge is 0.444 e. The van der Waals surface area contributed by atoms with Gasteiger partial charge in [0.2, 0.25) is 10.0 Å². The second-order valence-electron chi connectivity index (χ2n) is 7.39. The van der Waals surface area contributed by atoms with Crippen LogP contribution in [0, 0.1) is 18.6 Å². The minimum atomic E-state index is -4.14. The molecule has 4 rings (SSSR count). The number of fused-ring (bicyclic) bond motifs is 1. The van der Waals surface area contributed by atoms with Crippen molar-refractivity contribution in [2.45, 2.75) is 37.3 Å². The van der Waals surface area contributed by atoms with Gasteiger partial charge < -0.3 is 4.74 Å². The Hall–Kier alpha value is -2.04. The highest BCUT2D eigenvalue weighted by atomic mass is 79.9. The zero-order chi connectivity index (χ0) is 21.6. The zero-order valence-electron chi connectivity index (χ0n) is 16.1. The summed E-state index contributed by atoms with van der Waals surface area (Å²) in [5, 5.41) is 0. The van der Waals surface area contributed by atoms with Crippen LogP contribution in [0.1, 0.15) is 24.0 Å². The SMILES string of the molecule is Cc1ccc2c(c1)COC(=O)N2C1CCN(S(=O)(=O)c2cc(Br)c(F)cc2F)CC1. The number of halogens is 3. The maximum atomic E-state index is 14.2. The molecular weight excluding hydrogens is 482 g/mol. The van der Waals surface area contributed by atoms with Crippen LogP contribution in [0.3, 0.4) is 0 Å². The molecule has 0 bridgehead atoms. The standard InChI is InChI=1S/C20H19BrF2N2O4S/c1-12-2-3-18-13(8-12)11-29-20(26)25(18)14-4-6-24(7-5-14)30(27,28)19-9-15(21)16(22)10-17(19)23/h2-3,8-10,14H,4-7,11H2,1H3. The summed E-state index contributed by atoms with van der Waals surface area (Å²) in [5.74, 6) is -2.01. The molecule has 6 nitrogen and oxygen atoms in total. The highest BCUT2D eigenvalue weighted by Crippen LogP contribution is 2.34. The fourth-order valence-corrected chi connectivity index (χ4v) is 5.94. The number of cyclic esters (lactones) is 1. The average Bonchev–Trinajstić information content (AvgIpc) is 2.71. The molecule has 30 heavy (non-hydrogen) atoms. The smallest absolute Gasteiger partial charge is 0.414 e. The van der Waals surface area contributed by atoms with Crippen LogP contribution in [-0.2, 0) is 21.4 Å². The molecule has 0 unspecified atom stereocenters. The summed E-state index contributed by atoms with van der Waals surface area (Å²) in [6.07, 6.45) is 0.276. The van der Waals surface area contributed by atoms with Gasteiger partial charge in [-0.1, -0.05) is 17.7 Å². The quantitative estimate of drug-likeness (QED) is 0.587. The van der Waals surface area contributed by atoms with Gasteiger partial charge in [-0.25, -0.2) is 22.0 Å². The molecule has 2 aromatic carbocycles. The van der Waals surface area contributed by atoms with Crippen LogP contribution >= 0.6 is 15.9 Å². The molecule has 0 spiro atoms. The molecule has 0 aromatic heterocycles. The number of anilines is 1. The summed E-state index contributed by atoms with van der Waals surface area (Å²) >= 11 is 2.90. The first kappa shape index (κ1) is 21.2. The molecule has 1 amide bonds. The van der Waals surface area contributed by atoms with E-state index < -0.39 is 32.6 Å². The molecule has 0 saturated carbocycles. The highest BCUT2D eigenvalue weighted by molar-refractivity contribution is 9.10. The summed E-state index contributed by atoms with van der Waals surface area (Å²) in [6.45, 7) is 2.37. The Bertz CT molecular complexity index is 1120. The van der Waals surface area contributed by atoms with E-state index in [1.165, 1.54) is 0 Å². The minimum absolute atomic E-state index is 0.104. The van der Waals surface area contributed by atoms with Crippen LogP contribution in [0.25, 0.3) is 0 Å². The van der Waals surface area contributed by atoms with Crippen LogP contribution in [0.4, 0.5) is 19.3 Å². The lowest BCUT2D eigenvalue weighted by Crippen LogP contribution is -2.50. The molecule has 0 radical (unpaired) electrons. The van der Waals surface area contributed by atoms with Crippen LogP contribution in [0.15, 0.2) is 39.7 Å². The monoisotopic (exact) mass is 500 g/mol. The number of sulfonamides is 1. The number of amides is 1. The lowest BCUT2D eigenvalue weighted by molar-refractivity contribution is 0.135. The van der Waals surface area contributed by atoms with E-state index in [4.69, 9.17) is 4.74 Å². The average molecular weight is 501 g/mol. The van der Waals surface area contributed by atoms with Gasteiger partial charge >= 0.3 is 6.09 Å². The first-order valence-corrected chi connectivity index (χ1v) is 11.6. The van der Waals surface area contributed by atoms with E-state index in [0.717, 1.165) is 27.2 Å². The molecule has 2 aliphatic rings.